The number of carbonyl (C=O) groups is 1. The van der Waals surface area contributed by atoms with E-state index >= 15 is 0 Å². The van der Waals surface area contributed by atoms with Crippen LogP contribution in [0.25, 0.3) is 10.6 Å². The summed E-state index contributed by atoms with van der Waals surface area (Å²) < 4.78 is 40.7. The molecule has 1 aromatic carbocycles. The van der Waals surface area contributed by atoms with E-state index in [4.69, 9.17) is 5.11 Å². The van der Waals surface area contributed by atoms with Gasteiger partial charge in [0.05, 0.1) is 29.2 Å². The van der Waals surface area contributed by atoms with Gasteiger partial charge in [-0.1, -0.05) is 18.2 Å². The van der Waals surface area contributed by atoms with Crippen molar-refractivity contribution in [3.63, 3.8) is 0 Å². The Morgan fingerprint density at radius 3 is 2.65 bits per heavy atom. The topological polar surface area (TPSA) is 67.2 Å². The summed E-state index contributed by atoms with van der Waals surface area (Å²) in [6.45, 7) is -0.129. The second kappa shape index (κ2) is 7.30. The van der Waals surface area contributed by atoms with E-state index in [1.54, 1.807) is 6.07 Å². The highest BCUT2D eigenvalue weighted by atomic mass is 32.1. The first kappa shape index (κ1) is 18.2. The number of nitrogens with zero attached hydrogens (tertiary/aromatic N) is 2. The third kappa shape index (κ3) is 3.78. The number of thiophene rings is 1. The number of aliphatic hydroxyl groups is 1. The lowest BCUT2D eigenvalue weighted by molar-refractivity contribution is -0.137. The molecule has 136 valence electrons. The van der Waals surface area contributed by atoms with Crippen LogP contribution in [-0.4, -0.2) is 27.4 Å². The van der Waals surface area contributed by atoms with Crippen LogP contribution in [0.5, 0.6) is 0 Å². The van der Waals surface area contributed by atoms with E-state index in [-0.39, 0.29) is 19.0 Å². The van der Waals surface area contributed by atoms with Crippen molar-refractivity contribution in [3.8, 4) is 10.6 Å². The van der Waals surface area contributed by atoms with Crippen molar-refractivity contribution in [2.45, 2.75) is 12.7 Å². The van der Waals surface area contributed by atoms with E-state index in [0.29, 0.717) is 5.69 Å². The number of anilines is 1. The number of amides is 1. The van der Waals surface area contributed by atoms with Crippen LogP contribution in [0.3, 0.4) is 0 Å². The van der Waals surface area contributed by atoms with E-state index in [1.807, 2.05) is 17.5 Å². The van der Waals surface area contributed by atoms with Gasteiger partial charge >= 0.3 is 6.18 Å². The maximum absolute atomic E-state index is 13.1. The van der Waals surface area contributed by atoms with E-state index < -0.39 is 23.2 Å². The zero-order valence-corrected chi connectivity index (χ0v) is 14.1. The Bertz CT molecular complexity index is 904. The van der Waals surface area contributed by atoms with Crippen molar-refractivity contribution in [3.05, 3.63) is 59.0 Å². The third-order valence-corrected chi connectivity index (χ3v) is 4.48. The fourth-order valence-corrected chi connectivity index (χ4v) is 3.12. The minimum Gasteiger partial charge on any atom is -0.394 e. The van der Waals surface area contributed by atoms with E-state index in [9.17, 15) is 18.0 Å². The molecule has 5 nitrogen and oxygen atoms in total. The molecule has 0 bridgehead atoms. The van der Waals surface area contributed by atoms with Crippen LogP contribution in [0.4, 0.5) is 19.0 Å². The Kier molecular flexibility index (Phi) is 5.10. The Morgan fingerprint density at radius 2 is 2.00 bits per heavy atom. The summed E-state index contributed by atoms with van der Waals surface area (Å²) in [7, 11) is 0. The van der Waals surface area contributed by atoms with Gasteiger partial charge in [-0.3, -0.25) is 4.79 Å². The smallest absolute Gasteiger partial charge is 0.394 e. The van der Waals surface area contributed by atoms with Crippen molar-refractivity contribution in [1.29, 1.82) is 0 Å². The van der Waals surface area contributed by atoms with E-state index in [2.05, 4.69) is 10.4 Å². The second-order valence-electron chi connectivity index (χ2n) is 5.34. The van der Waals surface area contributed by atoms with Crippen molar-refractivity contribution >= 4 is 23.1 Å². The number of nitrogens with one attached hydrogen (secondary N) is 1. The van der Waals surface area contributed by atoms with Gasteiger partial charge in [0.2, 0.25) is 0 Å². The quantitative estimate of drug-likeness (QED) is 0.705. The van der Waals surface area contributed by atoms with Gasteiger partial charge in [0.15, 0.2) is 0 Å². The maximum Gasteiger partial charge on any atom is 0.417 e. The third-order valence-electron chi connectivity index (χ3n) is 3.58. The summed E-state index contributed by atoms with van der Waals surface area (Å²) >= 11 is 1.44. The molecular formula is C17H14F3N3O2S. The number of hydrogen-bond donors (Lipinski definition) is 2. The predicted molar refractivity (Wildman–Crippen MR) is 92.0 cm³/mol. The number of hydrogen-bond acceptors (Lipinski definition) is 4. The Morgan fingerprint density at radius 1 is 1.23 bits per heavy atom. The Hall–Kier alpha value is -2.65. The summed E-state index contributed by atoms with van der Waals surface area (Å²) in [5, 5.41) is 17.8. The number of aliphatic hydroxyl groups excluding tert-OH is 1. The SMILES string of the molecule is O=C(Nc1cc(-c2cccs2)nn1CCO)c1ccccc1C(F)(F)F. The number of carbonyl (C=O) groups excluding carboxylic acids is 1. The number of halogens is 3. The average Bonchev–Trinajstić information content (AvgIpc) is 3.25. The zero-order chi connectivity index (χ0) is 18.7. The van der Waals surface area contributed by atoms with Gasteiger partial charge in [0.1, 0.15) is 11.5 Å². The second-order valence-corrected chi connectivity index (χ2v) is 6.28. The van der Waals surface area contributed by atoms with Gasteiger partial charge in [-0.25, -0.2) is 4.68 Å². The average molecular weight is 381 g/mol. The molecule has 26 heavy (non-hydrogen) atoms. The lowest BCUT2D eigenvalue weighted by Crippen LogP contribution is -2.20. The fraction of sp³-hybridized carbons (Fsp3) is 0.176. The first-order valence-corrected chi connectivity index (χ1v) is 8.48. The molecule has 0 saturated heterocycles. The monoisotopic (exact) mass is 381 g/mol. The van der Waals surface area contributed by atoms with Gasteiger partial charge in [-0.05, 0) is 23.6 Å². The highest BCUT2D eigenvalue weighted by molar-refractivity contribution is 7.13. The molecule has 2 heterocycles. The zero-order valence-electron chi connectivity index (χ0n) is 13.3. The summed E-state index contributed by atoms with van der Waals surface area (Å²) in [4.78, 5) is 13.3. The van der Waals surface area contributed by atoms with Crippen molar-refractivity contribution in [2.75, 3.05) is 11.9 Å². The summed E-state index contributed by atoms with van der Waals surface area (Å²) in [6.07, 6.45) is -4.64. The van der Waals surface area contributed by atoms with E-state index in [0.717, 1.165) is 17.0 Å². The van der Waals surface area contributed by atoms with E-state index in [1.165, 1.54) is 28.2 Å². The number of alkyl halides is 3. The minimum atomic E-state index is -4.64. The van der Waals surface area contributed by atoms with Crippen LogP contribution in [-0.2, 0) is 12.7 Å². The Balaban J connectivity index is 1.93. The first-order chi connectivity index (χ1) is 12.4. The predicted octanol–water partition coefficient (Wildman–Crippen LogP) is 3.88. The number of aromatic nitrogens is 2. The number of rotatable bonds is 5. The van der Waals surface area contributed by atoms with Crippen LogP contribution < -0.4 is 5.32 Å². The van der Waals surface area contributed by atoms with Gasteiger partial charge in [0, 0.05) is 6.07 Å². The largest absolute Gasteiger partial charge is 0.417 e. The van der Waals surface area contributed by atoms with Crippen molar-refractivity contribution in [2.24, 2.45) is 0 Å². The molecule has 0 aliphatic heterocycles. The molecule has 2 aromatic heterocycles. The lowest BCUT2D eigenvalue weighted by Gasteiger charge is -2.13. The summed E-state index contributed by atoms with van der Waals surface area (Å²) in [5.74, 6) is -0.681. The normalized spacial score (nSPS) is 11.5. The highest BCUT2D eigenvalue weighted by Gasteiger charge is 2.35. The molecule has 0 aliphatic rings. The molecule has 0 fully saturated rings. The molecule has 0 atom stereocenters. The molecule has 0 spiro atoms. The molecule has 0 unspecified atom stereocenters. The maximum atomic E-state index is 13.1. The Labute approximate surface area is 150 Å². The number of benzene rings is 1. The van der Waals surface area contributed by atoms with Crippen molar-refractivity contribution < 1.29 is 23.1 Å². The molecule has 9 heteroatoms. The fourth-order valence-electron chi connectivity index (χ4n) is 2.44. The molecule has 0 aliphatic carbocycles. The van der Waals surface area contributed by atoms with Crippen LogP contribution in [0, 0.1) is 0 Å². The molecule has 3 rings (SSSR count). The summed E-state index contributed by atoms with van der Waals surface area (Å²) in [5.41, 5.74) is -0.925. The van der Waals surface area contributed by atoms with Crippen LogP contribution in [0.2, 0.25) is 0 Å². The molecule has 0 radical (unpaired) electrons. The molecule has 1 amide bonds. The van der Waals surface area contributed by atoms with Crippen molar-refractivity contribution in [1.82, 2.24) is 9.78 Å². The highest BCUT2D eigenvalue weighted by Crippen LogP contribution is 2.32. The lowest BCUT2D eigenvalue weighted by atomic mass is 10.1. The first-order valence-electron chi connectivity index (χ1n) is 7.60. The molecule has 3 aromatic rings. The standard InChI is InChI=1S/C17H14F3N3O2S/c18-17(19,20)12-5-2-1-4-11(12)16(25)21-15-10-13(14-6-3-9-26-14)22-23(15)7-8-24/h1-6,9-10,24H,7-8H2,(H,21,25). The molecule has 2 N–H and O–H groups in total. The van der Waals surface area contributed by atoms with Crippen LogP contribution in [0.15, 0.2) is 47.8 Å². The van der Waals surface area contributed by atoms with Gasteiger partial charge < -0.3 is 10.4 Å². The van der Waals surface area contributed by atoms with Gasteiger partial charge in [0.25, 0.3) is 5.91 Å². The van der Waals surface area contributed by atoms with Gasteiger partial charge in [-0.15, -0.1) is 11.3 Å². The van der Waals surface area contributed by atoms with Gasteiger partial charge in [-0.2, -0.15) is 18.3 Å². The summed E-state index contributed by atoms with van der Waals surface area (Å²) in [6, 6.07) is 9.80. The minimum absolute atomic E-state index is 0.0991. The van der Waals surface area contributed by atoms with Crippen LogP contribution >= 0.6 is 11.3 Å². The van der Waals surface area contributed by atoms with Crippen LogP contribution in [0.1, 0.15) is 15.9 Å². The molecular weight excluding hydrogens is 367 g/mol. The molecule has 0 saturated carbocycles.